The number of hydrogen-bond acceptors (Lipinski definition) is 2. The number of aryl methyl sites for hydroxylation is 2. The van der Waals surface area contributed by atoms with Gasteiger partial charge in [0.2, 0.25) is 0 Å². The van der Waals surface area contributed by atoms with Gasteiger partial charge in [0.1, 0.15) is 11.5 Å². The fraction of sp³-hybridized carbons (Fsp3) is 0.167. The molecule has 0 spiro atoms. The van der Waals surface area contributed by atoms with Gasteiger partial charge in [-0.1, -0.05) is 11.6 Å². The second-order valence-corrected chi connectivity index (χ2v) is 4.46. The van der Waals surface area contributed by atoms with Crippen LogP contribution in [-0.2, 0) is 7.05 Å². The molecule has 0 N–H and O–H groups in total. The minimum atomic E-state index is 0.649. The van der Waals surface area contributed by atoms with Crippen LogP contribution in [0.1, 0.15) is 5.69 Å². The number of hydrogen-bond donors (Lipinski definition) is 0. The number of pyridine rings is 1. The SMILES string of the molecule is Cc1cc(-n2ccc3cc(Cl)cnc32)n(C)n1. The Labute approximate surface area is 103 Å². The number of fused-ring (bicyclic) bond motifs is 1. The highest BCUT2D eigenvalue weighted by Gasteiger charge is 2.09. The molecule has 5 heteroatoms. The third kappa shape index (κ3) is 1.61. The first-order chi connectivity index (χ1) is 8.15. The van der Waals surface area contributed by atoms with Crippen molar-refractivity contribution < 1.29 is 0 Å². The van der Waals surface area contributed by atoms with E-state index in [1.165, 1.54) is 0 Å². The van der Waals surface area contributed by atoms with Gasteiger partial charge in [0.15, 0.2) is 0 Å². The van der Waals surface area contributed by atoms with Crippen molar-refractivity contribution in [1.29, 1.82) is 0 Å². The van der Waals surface area contributed by atoms with Gasteiger partial charge in [-0.3, -0.25) is 9.25 Å². The first kappa shape index (κ1) is 10.4. The summed E-state index contributed by atoms with van der Waals surface area (Å²) in [5.41, 5.74) is 1.87. The summed E-state index contributed by atoms with van der Waals surface area (Å²) in [5, 5.41) is 6.01. The Balaban J connectivity index is 2.28. The normalized spacial score (nSPS) is 11.2. The lowest BCUT2D eigenvalue weighted by atomic mass is 10.3. The molecule has 4 nitrogen and oxygen atoms in total. The first-order valence-electron chi connectivity index (χ1n) is 5.29. The molecule has 3 aromatic rings. The maximum atomic E-state index is 5.92. The molecule has 0 aromatic carbocycles. The summed E-state index contributed by atoms with van der Waals surface area (Å²) in [4.78, 5) is 4.36. The highest BCUT2D eigenvalue weighted by atomic mass is 35.5. The number of aromatic nitrogens is 4. The molecule has 0 aliphatic carbocycles. The van der Waals surface area contributed by atoms with Gasteiger partial charge in [-0.2, -0.15) is 5.10 Å². The molecule has 0 amide bonds. The van der Waals surface area contributed by atoms with Crippen LogP contribution in [0.15, 0.2) is 30.6 Å². The van der Waals surface area contributed by atoms with E-state index in [2.05, 4.69) is 10.1 Å². The number of nitrogens with zero attached hydrogens (tertiary/aromatic N) is 4. The molecular weight excluding hydrogens is 236 g/mol. The Bertz CT molecular complexity index is 696. The molecule has 0 unspecified atom stereocenters. The lowest BCUT2D eigenvalue weighted by molar-refractivity contribution is 0.727. The van der Waals surface area contributed by atoms with Crippen LogP contribution in [-0.4, -0.2) is 19.3 Å². The average molecular weight is 247 g/mol. The van der Waals surface area contributed by atoms with E-state index >= 15 is 0 Å². The van der Waals surface area contributed by atoms with Crippen molar-refractivity contribution in [2.24, 2.45) is 7.05 Å². The van der Waals surface area contributed by atoms with Gasteiger partial charge in [-0.15, -0.1) is 0 Å². The van der Waals surface area contributed by atoms with Crippen LogP contribution in [0.25, 0.3) is 16.9 Å². The van der Waals surface area contributed by atoms with Gasteiger partial charge in [-0.25, -0.2) is 4.98 Å². The molecule has 3 heterocycles. The van der Waals surface area contributed by atoms with Crippen molar-refractivity contribution in [3.63, 3.8) is 0 Å². The fourth-order valence-corrected chi connectivity index (χ4v) is 2.17. The largest absolute Gasteiger partial charge is 0.286 e. The smallest absolute Gasteiger partial charge is 0.145 e. The second kappa shape index (κ2) is 3.60. The predicted molar refractivity (Wildman–Crippen MR) is 67.6 cm³/mol. The molecule has 0 aliphatic rings. The Hall–Kier alpha value is -1.81. The Morgan fingerprint density at radius 3 is 2.82 bits per heavy atom. The zero-order chi connectivity index (χ0) is 12.0. The van der Waals surface area contributed by atoms with Gasteiger partial charge >= 0.3 is 0 Å². The summed E-state index contributed by atoms with van der Waals surface area (Å²) >= 11 is 5.92. The minimum Gasteiger partial charge on any atom is -0.286 e. The van der Waals surface area contributed by atoms with Crippen LogP contribution >= 0.6 is 11.6 Å². The first-order valence-corrected chi connectivity index (χ1v) is 5.66. The molecule has 0 saturated heterocycles. The molecule has 17 heavy (non-hydrogen) atoms. The fourth-order valence-electron chi connectivity index (χ4n) is 2.00. The molecule has 3 rings (SSSR count). The molecule has 3 aromatic heterocycles. The summed E-state index contributed by atoms with van der Waals surface area (Å²) in [6, 6.07) is 5.93. The van der Waals surface area contributed by atoms with E-state index in [1.54, 1.807) is 6.20 Å². The van der Waals surface area contributed by atoms with Crippen LogP contribution in [0.4, 0.5) is 0 Å². The third-order valence-electron chi connectivity index (χ3n) is 2.72. The topological polar surface area (TPSA) is 35.6 Å². The minimum absolute atomic E-state index is 0.649. The van der Waals surface area contributed by atoms with Crippen LogP contribution in [0.2, 0.25) is 5.02 Å². The van der Waals surface area contributed by atoms with E-state index in [1.807, 2.05) is 47.6 Å². The van der Waals surface area contributed by atoms with Crippen molar-refractivity contribution in [2.45, 2.75) is 6.92 Å². The maximum Gasteiger partial charge on any atom is 0.145 e. The molecule has 0 fully saturated rings. The van der Waals surface area contributed by atoms with E-state index < -0.39 is 0 Å². The molecule has 0 atom stereocenters. The van der Waals surface area contributed by atoms with Gasteiger partial charge < -0.3 is 0 Å². The van der Waals surface area contributed by atoms with E-state index in [0.29, 0.717) is 5.02 Å². The van der Waals surface area contributed by atoms with Gasteiger partial charge in [0.25, 0.3) is 0 Å². The predicted octanol–water partition coefficient (Wildman–Crippen LogP) is 2.72. The average Bonchev–Trinajstić information content (AvgIpc) is 2.81. The van der Waals surface area contributed by atoms with Crippen molar-refractivity contribution in [3.8, 4) is 5.82 Å². The zero-order valence-corrected chi connectivity index (χ0v) is 10.3. The molecule has 86 valence electrons. The van der Waals surface area contributed by atoms with Crippen molar-refractivity contribution in [2.75, 3.05) is 0 Å². The van der Waals surface area contributed by atoms with E-state index in [0.717, 1.165) is 22.5 Å². The van der Waals surface area contributed by atoms with Gasteiger partial charge in [0, 0.05) is 30.9 Å². The lowest BCUT2D eigenvalue weighted by Gasteiger charge is -2.04. The highest BCUT2D eigenvalue weighted by Crippen LogP contribution is 2.21. The maximum absolute atomic E-state index is 5.92. The van der Waals surface area contributed by atoms with Crippen molar-refractivity contribution in [3.05, 3.63) is 41.3 Å². The summed E-state index contributed by atoms with van der Waals surface area (Å²) < 4.78 is 3.84. The van der Waals surface area contributed by atoms with E-state index in [4.69, 9.17) is 11.6 Å². The molecule has 0 bridgehead atoms. The van der Waals surface area contributed by atoms with E-state index in [-0.39, 0.29) is 0 Å². The summed E-state index contributed by atoms with van der Waals surface area (Å²) in [6.07, 6.45) is 3.63. The molecular formula is C12H11ClN4. The van der Waals surface area contributed by atoms with E-state index in [9.17, 15) is 0 Å². The van der Waals surface area contributed by atoms with Crippen molar-refractivity contribution >= 4 is 22.6 Å². The zero-order valence-electron chi connectivity index (χ0n) is 9.55. The van der Waals surface area contributed by atoms with Crippen LogP contribution < -0.4 is 0 Å². The highest BCUT2D eigenvalue weighted by molar-refractivity contribution is 6.31. The summed E-state index contributed by atoms with van der Waals surface area (Å²) in [6.45, 7) is 1.97. The number of rotatable bonds is 1. The van der Waals surface area contributed by atoms with Gasteiger partial charge in [-0.05, 0) is 19.1 Å². The van der Waals surface area contributed by atoms with Crippen molar-refractivity contribution in [1.82, 2.24) is 19.3 Å². The summed E-state index contributed by atoms with van der Waals surface area (Å²) in [7, 11) is 1.92. The lowest BCUT2D eigenvalue weighted by Crippen LogP contribution is -2.02. The van der Waals surface area contributed by atoms with Crippen LogP contribution in [0, 0.1) is 6.92 Å². The summed E-state index contributed by atoms with van der Waals surface area (Å²) in [5.74, 6) is 0.993. The van der Waals surface area contributed by atoms with Gasteiger partial charge in [0.05, 0.1) is 10.7 Å². The third-order valence-corrected chi connectivity index (χ3v) is 2.92. The Morgan fingerprint density at radius 2 is 2.12 bits per heavy atom. The van der Waals surface area contributed by atoms with Crippen LogP contribution in [0.5, 0.6) is 0 Å². The molecule has 0 aliphatic heterocycles. The van der Waals surface area contributed by atoms with Crippen LogP contribution in [0.3, 0.4) is 0 Å². The molecule has 0 radical (unpaired) electrons. The number of halogens is 1. The quantitative estimate of drug-likeness (QED) is 0.662. The monoisotopic (exact) mass is 246 g/mol. The Morgan fingerprint density at radius 1 is 1.29 bits per heavy atom. The Kier molecular flexibility index (Phi) is 2.19. The second-order valence-electron chi connectivity index (χ2n) is 4.02. The molecule has 0 saturated carbocycles. The standard InChI is InChI=1S/C12H11ClN4/c1-8-5-11(16(2)15-8)17-4-3-9-6-10(13)7-14-12(9)17/h3-7H,1-2H3.